The molecule has 7 nitrogen and oxygen atoms in total. The van der Waals surface area contributed by atoms with Gasteiger partial charge in [-0.15, -0.1) is 11.3 Å². The van der Waals surface area contributed by atoms with E-state index in [2.05, 4.69) is 0 Å². The first-order chi connectivity index (χ1) is 16.2. The molecule has 4 rings (SSSR count). The summed E-state index contributed by atoms with van der Waals surface area (Å²) in [4.78, 5) is 22.7. The number of rotatable bonds is 10. The van der Waals surface area contributed by atoms with E-state index < -0.39 is 0 Å². The molecular formula is C24H25N3O4S2. The Labute approximate surface area is 200 Å². The van der Waals surface area contributed by atoms with Crippen LogP contribution in [0.15, 0.2) is 57.8 Å². The van der Waals surface area contributed by atoms with Crippen molar-refractivity contribution in [2.75, 3.05) is 27.9 Å². The Bertz CT molecular complexity index is 1300. The standard InChI is InChI=1S/C24H25N3O4S2/c1-29-13-7-12-27-23(28)17-8-4-5-10-19(17)26-24(27)33-15-16-14-32-22(25-16)18-9-6-11-20(30-2)21(18)31-3/h4-6,8-11,14H,7,12-13,15H2,1-3H3. The normalized spacial score (nSPS) is 11.1. The van der Waals surface area contributed by atoms with Gasteiger partial charge in [-0.3, -0.25) is 9.36 Å². The summed E-state index contributed by atoms with van der Waals surface area (Å²) < 4.78 is 17.9. The van der Waals surface area contributed by atoms with Crippen molar-refractivity contribution in [1.82, 2.24) is 14.5 Å². The van der Waals surface area contributed by atoms with Crippen molar-refractivity contribution in [2.45, 2.75) is 23.9 Å². The van der Waals surface area contributed by atoms with Gasteiger partial charge in [-0.05, 0) is 30.7 Å². The molecule has 0 saturated heterocycles. The number of methoxy groups -OCH3 is 3. The van der Waals surface area contributed by atoms with E-state index >= 15 is 0 Å². The fourth-order valence-electron chi connectivity index (χ4n) is 3.51. The van der Waals surface area contributed by atoms with E-state index in [9.17, 15) is 4.79 Å². The van der Waals surface area contributed by atoms with Crippen LogP contribution in [-0.4, -0.2) is 42.5 Å². The van der Waals surface area contributed by atoms with E-state index in [1.165, 1.54) is 11.8 Å². The average Bonchev–Trinajstić information content (AvgIpc) is 3.32. The molecule has 9 heteroatoms. The molecule has 2 heterocycles. The number of thioether (sulfide) groups is 1. The van der Waals surface area contributed by atoms with Gasteiger partial charge in [0.05, 0.1) is 36.4 Å². The summed E-state index contributed by atoms with van der Waals surface area (Å²) in [6, 6.07) is 13.2. The Balaban J connectivity index is 1.60. The molecule has 0 N–H and O–H groups in total. The molecule has 0 fully saturated rings. The van der Waals surface area contributed by atoms with E-state index in [4.69, 9.17) is 24.2 Å². The zero-order valence-corrected chi connectivity index (χ0v) is 20.4. The molecule has 0 amide bonds. The minimum atomic E-state index is -0.0284. The Morgan fingerprint density at radius 3 is 2.67 bits per heavy atom. The Kier molecular flexibility index (Phi) is 7.64. The minimum Gasteiger partial charge on any atom is -0.493 e. The molecule has 172 valence electrons. The highest BCUT2D eigenvalue weighted by Crippen LogP contribution is 2.39. The first kappa shape index (κ1) is 23.3. The molecule has 0 aliphatic heterocycles. The number of fused-ring (bicyclic) bond motifs is 1. The van der Waals surface area contributed by atoms with Crippen LogP contribution in [0.4, 0.5) is 0 Å². The molecule has 4 aromatic rings. The summed E-state index contributed by atoms with van der Waals surface area (Å²) in [5, 5.41) is 4.18. The number of para-hydroxylation sites is 2. The maximum atomic E-state index is 13.1. The number of thiazole rings is 1. The number of hydrogen-bond donors (Lipinski definition) is 0. The predicted octanol–water partition coefficient (Wildman–Crippen LogP) is 4.87. The molecule has 33 heavy (non-hydrogen) atoms. The van der Waals surface area contributed by atoms with Crippen LogP contribution in [0.5, 0.6) is 11.5 Å². The molecule has 0 bridgehead atoms. The smallest absolute Gasteiger partial charge is 0.262 e. The van der Waals surface area contributed by atoms with Gasteiger partial charge in [0.1, 0.15) is 5.01 Å². The van der Waals surface area contributed by atoms with Crippen LogP contribution in [0, 0.1) is 0 Å². The van der Waals surface area contributed by atoms with Crippen molar-refractivity contribution in [3.63, 3.8) is 0 Å². The lowest BCUT2D eigenvalue weighted by molar-refractivity contribution is 0.189. The summed E-state index contributed by atoms with van der Waals surface area (Å²) in [7, 11) is 4.91. The van der Waals surface area contributed by atoms with Crippen LogP contribution < -0.4 is 15.0 Å². The lowest BCUT2D eigenvalue weighted by Crippen LogP contribution is -2.24. The van der Waals surface area contributed by atoms with Crippen molar-refractivity contribution in [1.29, 1.82) is 0 Å². The maximum Gasteiger partial charge on any atom is 0.262 e. The van der Waals surface area contributed by atoms with Gasteiger partial charge in [0, 0.05) is 31.4 Å². The fraction of sp³-hybridized carbons (Fsp3) is 0.292. The largest absolute Gasteiger partial charge is 0.493 e. The lowest BCUT2D eigenvalue weighted by atomic mass is 10.2. The highest BCUT2D eigenvalue weighted by molar-refractivity contribution is 7.98. The van der Waals surface area contributed by atoms with Crippen LogP contribution in [0.2, 0.25) is 0 Å². The van der Waals surface area contributed by atoms with E-state index in [0.29, 0.717) is 46.5 Å². The number of nitrogens with zero attached hydrogens (tertiary/aromatic N) is 3. The van der Waals surface area contributed by atoms with Gasteiger partial charge in [0.25, 0.3) is 5.56 Å². The van der Waals surface area contributed by atoms with E-state index in [1.54, 1.807) is 37.2 Å². The molecule has 0 aliphatic rings. The van der Waals surface area contributed by atoms with Gasteiger partial charge >= 0.3 is 0 Å². The average molecular weight is 484 g/mol. The van der Waals surface area contributed by atoms with Crippen molar-refractivity contribution in [3.8, 4) is 22.1 Å². The summed E-state index contributed by atoms with van der Waals surface area (Å²) in [6.45, 7) is 1.14. The number of hydrogen-bond acceptors (Lipinski definition) is 8. The second-order valence-corrected chi connectivity index (χ2v) is 8.99. The summed E-state index contributed by atoms with van der Waals surface area (Å²) in [5.41, 5.74) is 2.47. The van der Waals surface area contributed by atoms with Crippen molar-refractivity contribution < 1.29 is 14.2 Å². The Hall–Kier alpha value is -2.88. The van der Waals surface area contributed by atoms with E-state index in [1.807, 2.05) is 47.8 Å². The Morgan fingerprint density at radius 2 is 1.88 bits per heavy atom. The number of ether oxygens (including phenoxy) is 3. The van der Waals surface area contributed by atoms with Crippen LogP contribution in [-0.2, 0) is 17.0 Å². The van der Waals surface area contributed by atoms with Crippen LogP contribution in [0.3, 0.4) is 0 Å². The first-order valence-electron chi connectivity index (χ1n) is 10.4. The monoisotopic (exact) mass is 483 g/mol. The van der Waals surface area contributed by atoms with Gasteiger partial charge in [0.2, 0.25) is 0 Å². The number of benzene rings is 2. The molecule has 0 unspecified atom stereocenters. The third-order valence-corrected chi connectivity index (χ3v) is 7.03. The van der Waals surface area contributed by atoms with Crippen LogP contribution >= 0.6 is 23.1 Å². The van der Waals surface area contributed by atoms with Crippen molar-refractivity contribution >= 4 is 34.0 Å². The van der Waals surface area contributed by atoms with Crippen LogP contribution in [0.1, 0.15) is 12.1 Å². The maximum absolute atomic E-state index is 13.1. The molecule has 0 radical (unpaired) electrons. The Morgan fingerprint density at radius 1 is 1.03 bits per heavy atom. The van der Waals surface area contributed by atoms with Gasteiger partial charge in [-0.1, -0.05) is 30.0 Å². The molecule has 0 atom stereocenters. The zero-order chi connectivity index (χ0) is 23.2. The molecule has 0 aliphatic carbocycles. The zero-order valence-electron chi connectivity index (χ0n) is 18.7. The molecule has 0 saturated carbocycles. The quantitative estimate of drug-likeness (QED) is 0.181. The van der Waals surface area contributed by atoms with Gasteiger partial charge in [0.15, 0.2) is 16.7 Å². The van der Waals surface area contributed by atoms with Crippen molar-refractivity contribution in [3.05, 3.63) is 63.9 Å². The van der Waals surface area contributed by atoms with Gasteiger partial charge in [-0.25, -0.2) is 9.97 Å². The third-order valence-electron chi connectivity index (χ3n) is 5.09. The molecule has 2 aromatic heterocycles. The molecular weight excluding hydrogens is 458 g/mol. The minimum absolute atomic E-state index is 0.0284. The first-order valence-corrected chi connectivity index (χ1v) is 12.3. The third kappa shape index (κ3) is 5.05. The summed E-state index contributed by atoms with van der Waals surface area (Å²) in [6.07, 6.45) is 0.737. The van der Waals surface area contributed by atoms with Crippen LogP contribution in [0.25, 0.3) is 21.5 Å². The highest BCUT2D eigenvalue weighted by atomic mass is 32.2. The summed E-state index contributed by atoms with van der Waals surface area (Å²) in [5.74, 6) is 1.93. The van der Waals surface area contributed by atoms with E-state index in [-0.39, 0.29) is 5.56 Å². The van der Waals surface area contributed by atoms with Crippen molar-refractivity contribution in [2.24, 2.45) is 0 Å². The second kappa shape index (κ2) is 10.8. The summed E-state index contributed by atoms with van der Waals surface area (Å²) >= 11 is 3.06. The molecule has 0 spiro atoms. The fourth-order valence-corrected chi connectivity index (χ4v) is 5.38. The highest BCUT2D eigenvalue weighted by Gasteiger charge is 2.16. The van der Waals surface area contributed by atoms with Gasteiger partial charge < -0.3 is 14.2 Å². The predicted molar refractivity (Wildman–Crippen MR) is 133 cm³/mol. The van der Waals surface area contributed by atoms with Gasteiger partial charge in [-0.2, -0.15) is 0 Å². The van der Waals surface area contributed by atoms with E-state index in [0.717, 1.165) is 22.7 Å². The second-order valence-electron chi connectivity index (χ2n) is 7.19. The SMILES string of the molecule is COCCCn1c(SCc2csc(-c3cccc(OC)c3OC)n2)nc2ccccc2c1=O. The molecule has 2 aromatic carbocycles. The lowest BCUT2D eigenvalue weighted by Gasteiger charge is -2.12. The number of aromatic nitrogens is 3. The topological polar surface area (TPSA) is 75.5 Å².